The lowest BCUT2D eigenvalue weighted by atomic mass is 9.92. The van der Waals surface area contributed by atoms with Crippen LogP contribution < -0.4 is 4.72 Å². The van der Waals surface area contributed by atoms with Crippen molar-refractivity contribution in [2.45, 2.75) is 25.2 Å². The molecule has 150 valence electrons. The van der Waals surface area contributed by atoms with Gasteiger partial charge in [-0.1, -0.05) is 35.9 Å². The van der Waals surface area contributed by atoms with Crippen molar-refractivity contribution >= 4 is 27.5 Å². The molecule has 1 aromatic heterocycles. The number of piperidine rings is 1. The van der Waals surface area contributed by atoms with Crippen LogP contribution >= 0.6 is 11.6 Å². The number of nitrogens with one attached hydrogen (secondary N) is 1. The third-order valence-corrected chi connectivity index (χ3v) is 5.95. The molecule has 0 unspecified atom stereocenters. The molecule has 8 heteroatoms. The second-order valence-corrected chi connectivity index (χ2v) is 9.31. The average Bonchev–Trinajstić information content (AvgIpc) is 2.68. The Labute approximate surface area is 171 Å². The number of hydrogen-bond donors (Lipinski definition) is 1. The van der Waals surface area contributed by atoms with Crippen LogP contribution in [0.25, 0.3) is 0 Å². The van der Waals surface area contributed by atoms with Gasteiger partial charge in [0, 0.05) is 41.8 Å². The van der Waals surface area contributed by atoms with Crippen molar-refractivity contribution in [3.63, 3.8) is 0 Å². The molecule has 0 saturated carbocycles. The van der Waals surface area contributed by atoms with Crippen LogP contribution in [-0.4, -0.2) is 50.1 Å². The van der Waals surface area contributed by atoms with E-state index in [9.17, 15) is 13.2 Å². The molecule has 0 radical (unpaired) electrons. The lowest BCUT2D eigenvalue weighted by Crippen LogP contribution is -2.43. The molecule has 1 fully saturated rings. The SMILES string of the molecule is CS(=O)(=O)NCC(=O)N1CCC(c2cccc(Cc3ccccc3Cl)n2)CC1. The van der Waals surface area contributed by atoms with Gasteiger partial charge in [0.25, 0.3) is 0 Å². The summed E-state index contributed by atoms with van der Waals surface area (Å²) in [6, 6.07) is 13.8. The van der Waals surface area contributed by atoms with E-state index in [1.54, 1.807) is 4.90 Å². The molecule has 1 aliphatic heterocycles. The third-order valence-electron chi connectivity index (χ3n) is 4.91. The molecule has 0 atom stereocenters. The van der Waals surface area contributed by atoms with Crippen molar-refractivity contribution in [3.05, 3.63) is 64.4 Å². The van der Waals surface area contributed by atoms with Crippen LogP contribution in [0.2, 0.25) is 5.02 Å². The highest BCUT2D eigenvalue weighted by molar-refractivity contribution is 7.88. The van der Waals surface area contributed by atoms with E-state index in [0.717, 1.165) is 41.1 Å². The highest BCUT2D eigenvalue weighted by atomic mass is 35.5. The zero-order chi connectivity index (χ0) is 20.1. The van der Waals surface area contributed by atoms with E-state index in [0.29, 0.717) is 19.5 Å². The molecule has 1 N–H and O–H groups in total. The van der Waals surface area contributed by atoms with Gasteiger partial charge in [0.2, 0.25) is 15.9 Å². The lowest BCUT2D eigenvalue weighted by Gasteiger charge is -2.32. The summed E-state index contributed by atoms with van der Waals surface area (Å²) in [6.45, 7) is 1.02. The number of nitrogens with zero attached hydrogens (tertiary/aromatic N) is 2. The third kappa shape index (κ3) is 5.77. The minimum absolute atomic E-state index is 0.185. The number of rotatable bonds is 6. The fourth-order valence-corrected chi connectivity index (χ4v) is 3.98. The number of sulfonamides is 1. The highest BCUT2D eigenvalue weighted by Crippen LogP contribution is 2.27. The summed E-state index contributed by atoms with van der Waals surface area (Å²) in [5, 5.41) is 0.740. The minimum Gasteiger partial charge on any atom is -0.342 e. The molecule has 6 nitrogen and oxygen atoms in total. The number of pyridine rings is 1. The van der Waals surface area contributed by atoms with Crippen LogP contribution in [0.4, 0.5) is 0 Å². The second kappa shape index (κ2) is 9.03. The first-order valence-corrected chi connectivity index (χ1v) is 11.5. The van der Waals surface area contributed by atoms with Crippen molar-refractivity contribution in [3.8, 4) is 0 Å². The summed E-state index contributed by atoms with van der Waals surface area (Å²) >= 11 is 6.25. The molecule has 1 aromatic carbocycles. The van der Waals surface area contributed by atoms with Crippen LogP contribution in [-0.2, 0) is 21.2 Å². The normalized spacial score (nSPS) is 15.6. The van der Waals surface area contributed by atoms with Crippen LogP contribution in [0, 0.1) is 0 Å². The van der Waals surface area contributed by atoms with E-state index in [1.807, 2.05) is 42.5 Å². The summed E-state index contributed by atoms with van der Waals surface area (Å²) in [4.78, 5) is 18.7. The van der Waals surface area contributed by atoms with Gasteiger partial charge in [0.05, 0.1) is 12.8 Å². The summed E-state index contributed by atoms with van der Waals surface area (Å²) in [7, 11) is -3.36. The van der Waals surface area contributed by atoms with E-state index < -0.39 is 10.0 Å². The maximum Gasteiger partial charge on any atom is 0.237 e. The van der Waals surface area contributed by atoms with Gasteiger partial charge in [-0.05, 0) is 36.6 Å². The number of aromatic nitrogens is 1. The van der Waals surface area contributed by atoms with Crippen molar-refractivity contribution in [2.75, 3.05) is 25.9 Å². The van der Waals surface area contributed by atoms with Gasteiger partial charge in [0.15, 0.2) is 0 Å². The van der Waals surface area contributed by atoms with E-state index in [-0.39, 0.29) is 18.4 Å². The van der Waals surface area contributed by atoms with Gasteiger partial charge in [0.1, 0.15) is 0 Å². The summed E-state index contributed by atoms with van der Waals surface area (Å²) in [5.41, 5.74) is 3.06. The van der Waals surface area contributed by atoms with Gasteiger partial charge in [-0.25, -0.2) is 13.1 Å². The molecular formula is C20H24ClN3O3S. The van der Waals surface area contributed by atoms with E-state index in [1.165, 1.54) is 0 Å². The molecule has 0 spiro atoms. The Balaban J connectivity index is 1.59. The first-order chi connectivity index (χ1) is 13.3. The first kappa shape index (κ1) is 20.8. The Morgan fingerprint density at radius 2 is 1.89 bits per heavy atom. The molecule has 1 amide bonds. The monoisotopic (exact) mass is 421 g/mol. The Morgan fingerprint density at radius 3 is 2.57 bits per heavy atom. The number of amides is 1. The molecule has 1 aliphatic rings. The van der Waals surface area contributed by atoms with Gasteiger partial charge in [-0.15, -0.1) is 0 Å². The molecular weight excluding hydrogens is 398 g/mol. The van der Waals surface area contributed by atoms with Crippen LogP contribution in [0.15, 0.2) is 42.5 Å². The molecule has 3 rings (SSSR count). The predicted molar refractivity (Wildman–Crippen MR) is 110 cm³/mol. The Kier molecular flexibility index (Phi) is 6.69. The minimum atomic E-state index is -3.36. The van der Waals surface area contributed by atoms with Gasteiger partial charge < -0.3 is 4.90 Å². The zero-order valence-electron chi connectivity index (χ0n) is 15.8. The van der Waals surface area contributed by atoms with Crippen molar-refractivity contribution in [1.82, 2.24) is 14.6 Å². The Morgan fingerprint density at radius 1 is 1.18 bits per heavy atom. The first-order valence-electron chi connectivity index (χ1n) is 9.23. The predicted octanol–water partition coefficient (Wildman–Crippen LogP) is 2.58. The Hall–Kier alpha value is -1.96. The van der Waals surface area contributed by atoms with Crippen molar-refractivity contribution < 1.29 is 13.2 Å². The van der Waals surface area contributed by atoms with Crippen LogP contribution in [0.1, 0.15) is 35.7 Å². The number of likely N-dealkylation sites (tertiary alicyclic amines) is 1. The number of hydrogen-bond acceptors (Lipinski definition) is 4. The molecule has 28 heavy (non-hydrogen) atoms. The Bertz CT molecular complexity index is 941. The summed E-state index contributed by atoms with van der Waals surface area (Å²) in [6.07, 6.45) is 3.36. The highest BCUT2D eigenvalue weighted by Gasteiger charge is 2.25. The summed E-state index contributed by atoms with van der Waals surface area (Å²) < 4.78 is 24.5. The molecule has 0 bridgehead atoms. The van der Waals surface area contributed by atoms with Gasteiger partial charge in [-0.3, -0.25) is 9.78 Å². The number of carbonyl (C=O) groups excluding carboxylic acids is 1. The fourth-order valence-electron chi connectivity index (χ4n) is 3.39. The van der Waals surface area contributed by atoms with Crippen LogP contribution in [0.3, 0.4) is 0 Å². The van der Waals surface area contributed by atoms with Crippen LogP contribution in [0.5, 0.6) is 0 Å². The number of benzene rings is 1. The lowest BCUT2D eigenvalue weighted by molar-refractivity contribution is -0.131. The molecule has 2 aromatic rings. The zero-order valence-corrected chi connectivity index (χ0v) is 17.3. The maximum absolute atomic E-state index is 12.1. The topological polar surface area (TPSA) is 79.4 Å². The largest absolute Gasteiger partial charge is 0.342 e. The molecule has 0 aliphatic carbocycles. The molecule has 2 heterocycles. The standard InChI is InChI=1S/C20H24ClN3O3S/c1-28(26,27)22-14-20(25)24-11-9-15(10-12-24)19-8-4-6-17(23-19)13-16-5-2-3-7-18(16)21/h2-8,15,22H,9-14H2,1H3. The number of carbonyl (C=O) groups is 1. The van der Waals surface area contributed by atoms with Crippen molar-refractivity contribution in [1.29, 1.82) is 0 Å². The quantitative estimate of drug-likeness (QED) is 0.777. The fraction of sp³-hybridized carbons (Fsp3) is 0.400. The second-order valence-electron chi connectivity index (χ2n) is 7.07. The van der Waals surface area contributed by atoms with E-state index in [4.69, 9.17) is 16.6 Å². The van der Waals surface area contributed by atoms with Gasteiger partial charge in [-0.2, -0.15) is 0 Å². The summed E-state index contributed by atoms with van der Waals surface area (Å²) in [5.74, 6) is 0.0995. The van der Waals surface area contributed by atoms with Gasteiger partial charge >= 0.3 is 0 Å². The maximum atomic E-state index is 12.1. The number of halogens is 1. The average molecular weight is 422 g/mol. The molecule has 1 saturated heterocycles. The smallest absolute Gasteiger partial charge is 0.237 e. The van der Waals surface area contributed by atoms with E-state index in [2.05, 4.69) is 4.72 Å². The van der Waals surface area contributed by atoms with E-state index >= 15 is 0 Å². The van der Waals surface area contributed by atoms with Crippen molar-refractivity contribution in [2.24, 2.45) is 0 Å².